The van der Waals surface area contributed by atoms with Gasteiger partial charge < -0.3 is 9.88 Å². The van der Waals surface area contributed by atoms with Gasteiger partial charge in [0.15, 0.2) is 0 Å². The largest absolute Gasteiger partial charge is 0.344 e. The number of nitrogens with one attached hydrogen (secondary N) is 2. The van der Waals surface area contributed by atoms with Crippen molar-refractivity contribution in [1.29, 1.82) is 0 Å². The lowest BCUT2D eigenvalue weighted by Gasteiger charge is -2.55. The van der Waals surface area contributed by atoms with Crippen LogP contribution in [-0.4, -0.2) is 28.6 Å². The van der Waals surface area contributed by atoms with Crippen molar-refractivity contribution in [3.05, 3.63) is 53.3 Å². The van der Waals surface area contributed by atoms with E-state index in [0.717, 1.165) is 41.9 Å². The summed E-state index contributed by atoms with van der Waals surface area (Å²) in [6.07, 6.45) is 8.55. The molecule has 1 aromatic carbocycles. The molecule has 4 bridgehead atoms. The molecule has 35 heavy (non-hydrogen) atoms. The zero-order chi connectivity index (χ0) is 24.7. The summed E-state index contributed by atoms with van der Waals surface area (Å²) in [4.78, 5) is 26.6. The molecule has 1 aromatic heterocycles. The van der Waals surface area contributed by atoms with Crippen LogP contribution in [0.2, 0.25) is 0 Å². The van der Waals surface area contributed by atoms with E-state index in [1.807, 2.05) is 39.0 Å². The number of benzene rings is 1. The number of rotatable bonds is 7. The lowest BCUT2D eigenvalue weighted by molar-refractivity contribution is -0.149. The molecule has 4 aliphatic carbocycles. The van der Waals surface area contributed by atoms with E-state index in [1.165, 1.54) is 19.3 Å². The topological polar surface area (TPSA) is 75.5 Å². The van der Waals surface area contributed by atoms with Gasteiger partial charge in [0, 0.05) is 28.1 Å². The summed E-state index contributed by atoms with van der Waals surface area (Å²) < 4.78 is 2.17. The van der Waals surface area contributed by atoms with Crippen LogP contribution in [0.3, 0.4) is 0 Å². The van der Waals surface area contributed by atoms with Gasteiger partial charge in [-0.05, 0) is 94.2 Å². The highest BCUT2D eigenvalue weighted by atomic mass is 16.2. The van der Waals surface area contributed by atoms with Crippen LogP contribution < -0.4 is 10.7 Å². The third-order valence-electron chi connectivity index (χ3n) is 8.62. The predicted molar refractivity (Wildman–Crippen MR) is 138 cm³/mol. The van der Waals surface area contributed by atoms with Crippen LogP contribution in [0.15, 0.2) is 41.5 Å². The molecule has 6 nitrogen and oxygen atoms in total. The summed E-state index contributed by atoms with van der Waals surface area (Å²) in [7, 11) is 0. The van der Waals surface area contributed by atoms with Crippen molar-refractivity contribution in [3.63, 3.8) is 0 Å². The van der Waals surface area contributed by atoms with E-state index in [2.05, 4.69) is 45.5 Å². The molecule has 186 valence electrons. The van der Waals surface area contributed by atoms with E-state index in [0.29, 0.717) is 17.8 Å². The molecule has 0 spiro atoms. The molecule has 4 fully saturated rings. The van der Waals surface area contributed by atoms with Gasteiger partial charge in [-0.2, -0.15) is 5.10 Å². The van der Waals surface area contributed by atoms with E-state index in [1.54, 1.807) is 6.21 Å². The number of carbonyl (C=O) groups is 2. The third-order valence-corrected chi connectivity index (χ3v) is 8.62. The van der Waals surface area contributed by atoms with Gasteiger partial charge in [-0.1, -0.05) is 32.0 Å². The van der Waals surface area contributed by atoms with Crippen molar-refractivity contribution in [1.82, 2.24) is 15.3 Å². The van der Waals surface area contributed by atoms with Gasteiger partial charge in [-0.3, -0.25) is 9.59 Å². The van der Waals surface area contributed by atoms with Gasteiger partial charge in [-0.15, -0.1) is 0 Å². The summed E-state index contributed by atoms with van der Waals surface area (Å²) in [6, 6.07) is 11.7. The molecule has 2 N–H and O–H groups in total. The minimum Gasteiger partial charge on any atom is -0.344 e. The zero-order valence-corrected chi connectivity index (χ0v) is 21.4. The van der Waals surface area contributed by atoms with Crippen molar-refractivity contribution in [2.24, 2.45) is 34.2 Å². The first-order valence-electron chi connectivity index (χ1n) is 13.1. The number of aryl methyl sites for hydroxylation is 1. The molecular formula is C29H38N4O2. The quantitative estimate of drug-likeness (QED) is 0.442. The van der Waals surface area contributed by atoms with E-state index >= 15 is 0 Å². The normalized spacial score (nSPS) is 28.0. The van der Waals surface area contributed by atoms with Crippen molar-refractivity contribution in [3.8, 4) is 5.69 Å². The molecule has 0 radical (unpaired) electrons. The fourth-order valence-corrected chi connectivity index (χ4v) is 7.35. The standard InChI is InChI=1S/C29H38N4O2/c1-18(2)26(31-28(35)29-14-21-11-22(15-29)13-23(12-21)16-29)27(34)32-30-17-24-10-19(3)33(20(24)4)25-8-6-5-7-9-25/h5-10,17-18,21-23,26H,11-16H2,1-4H3,(H,31,35)(H,32,34)/b30-17+/t21?,22?,23?,26-,29?/m0/s1. The van der Waals surface area contributed by atoms with Crippen LogP contribution in [0.5, 0.6) is 0 Å². The second-order valence-electron chi connectivity index (χ2n) is 11.6. The number of aromatic nitrogens is 1. The third kappa shape index (κ3) is 4.55. The van der Waals surface area contributed by atoms with Gasteiger partial charge in [0.2, 0.25) is 5.91 Å². The van der Waals surface area contributed by atoms with Crippen LogP contribution in [0.1, 0.15) is 69.3 Å². The highest BCUT2D eigenvalue weighted by Crippen LogP contribution is 2.60. The summed E-state index contributed by atoms with van der Waals surface area (Å²) in [5.41, 5.74) is 6.63. The van der Waals surface area contributed by atoms with Crippen molar-refractivity contribution >= 4 is 18.0 Å². The first-order valence-corrected chi connectivity index (χ1v) is 13.1. The molecular weight excluding hydrogens is 436 g/mol. The number of nitrogens with zero attached hydrogens (tertiary/aromatic N) is 2. The average Bonchev–Trinajstić information content (AvgIpc) is 3.09. The Kier molecular flexibility index (Phi) is 6.32. The highest BCUT2D eigenvalue weighted by Gasteiger charge is 2.55. The SMILES string of the molecule is Cc1cc(/C=N/NC(=O)[C@@H](NC(=O)C23CC4CC(CC(C4)C2)C3)C(C)C)c(C)n1-c1ccccc1. The van der Waals surface area contributed by atoms with Gasteiger partial charge in [-0.25, -0.2) is 5.43 Å². The molecule has 6 heteroatoms. The molecule has 1 atom stereocenters. The molecule has 0 aliphatic heterocycles. The van der Waals surface area contributed by atoms with E-state index < -0.39 is 6.04 Å². The van der Waals surface area contributed by atoms with Crippen LogP contribution >= 0.6 is 0 Å². The van der Waals surface area contributed by atoms with Crippen molar-refractivity contribution in [2.45, 2.75) is 72.3 Å². The van der Waals surface area contributed by atoms with Crippen LogP contribution in [-0.2, 0) is 9.59 Å². The number of hydrazone groups is 1. The van der Waals surface area contributed by atoms with Crippen LogP contribution in [0, 0.1) is 42.9 Å². The maximum Gasteiger partial charge on any atom is 0.262 e. The molecule has 0 saturated heterocycles. The van der Waals surface area contributed by atoms with E-state index in [9.17, 15) is 9.59 Å². The highest BCUT2D eigenvalue weighted by molar-refractivity contribution is 5.91. The Hall–Kier alpha value is -2.89. The molecule has 4 saturated carbocycles. The molecule has 6 rings (SSSR count). The minimum atomic E-state index is -0.593. The molecule has 4 aliphatic rings. The molecule has 0 unspecified atom stereocenters. The lowest BCUT2D eigenvalue weighted by atomic mass is 9.49. The van der Waals surface area contributed by atoms with Crippen LogP contribution in [0.25, 0.3) is 5.69 Å². The summed E-state index contributed by atoms with van der Waals surface area (Å²) >= 11 is 0. The van der Waals surface area contributed by atoms with Gasteiger partial charge >= 0.3 is 0 Å². The Morgan fingerprint density at radius 3 is 2.20 bits per heavy atom. The summed E-state index contributed by atoms with van der Waals surface area (Å²) in [6.45, 7) is 8.05. The van der Waals surface area contributed by atoms with E-state index in [-0.39, 0.29) is 23.1 Å². The van der Waals surface area contributed by atoms with Crippen molar-refractivity contribution in [2.75, 3.05) is 0 Å². The molecule has 2 aromatic rings. The van der Waals surface area contributed by atoms with Gasteiger partial charge in [0.25, 0.3) is 5.91 Å². The maximum atomic E-state index is 13.5. The Labute approximate surface area is 208 Å². The number of carbonyl (C=O) groups excluding carboxylic acids is 2. The van der Waals surface area contributed by atoms with Crippen molar-refractivity contribution < 1.29 is 9.59 Å². The Morgan fingerprint density at radius 2 is 1.63 bits per heavy atom. The lowest BCUT2D eigenvalue weighted by Crippen LogP contribution is -2.58. The van der Waals surface area contributed by atoms with Gasteiger partial charge in [0.1, 0.15) is 6.04 Å². The Morgan fingerprint density at radius 1 is 1.03 bits per heavy atom. The second kappa shape index (κ2) is 9.29. The Balaban J connectivity index is 1.25. The first kappa shape index (κ1) is 23.8. The summed E-state index contributed by atoms with van der Waals surface area (Å²) in [5.74, 6) is 1.88. The predicted octanol–water partition coefficient (Wildman–Crippen LogP) is 4.90. The fraction of sp³-hybridized carbons (Fsp3) is 0.552. The van der Waals surface area contributed by atoms with Crippen LogP contribution in [0.4, 0.5) is 0 Å². The first-order chi connectivity index (χ1) is 16.8. The van der Waals surface area contributed by atoms with E-state index in [4.69, 9.17) is 0 Å². The van der Waals surface area contributed by atoms with Gasteiger partial charge in [0.05, 0.1) is 6.21 Å². The maximum absolute atomic E-state index is 13.5. The molecule has 2 amide bonds. The number of amides is 2. The minimum absolute atomic E-state index is 0.0220. The number of para-hydroxylation sites is 1. The summed E-state index contributed by atoms with van der Waals surface area (Å²) in [5, 5.41) is 7.40. The monoisotopic (exact) mass is 474 g/mol. The zero-order valence-electron chi connectivity index (χ0n) is 21.4. The average molecular weight is 475 g/mol. The second-order valence-corrected chi connectivity index (χ2v) is 11.6. The smallest absolute Gasteiger partial charge is 0.262 e. The number of hydrogen-bond donors (Lipinski definition) is 2. The molecule has 1 heterocycles. The fourth-order valence-electron chi connectivity index (χ4n) is 7.35. The Bertz CT molecular complexity index is 1100. The number of hydrogen-bond acceptors (Lipinski definition) is 3.